The van der Waals surface area contributed by atoms with Crippen LogP contribution in [-0.2, 0) is 11.2 Å². The van der Waals surface area contributed by atoms with E-state index in [4.69, 9.17) is 10.6 Å². The van der Waals surface area contributed by atoms with Crippen molar-refractivity contribution in [2.75, 3.05) is 13.2 Å². The van der Waals surface area contributed by atoms with Crippen molar-refractivity contribution in [3.8, 4) is 0 Å². The van der Waals surface area contributed by atoms with Crippen LogP contribution in [0, 0.1) is 3.57 Å². The van der Waals surface area contributed by atoms with Gasteiger partial charge in [-0.3, -0.25) is 11.3 Å². The molecule has 0 spiro atoms. The first kappa shape index (κ1) is 13.9. The molecular formula is C12H19IN2O. The van der Waals surface area contributed by atoms with Gasteiger partial charge in [0.1, 0.15) is 0 Å². The summed E-state index contributed by atoms with van der Waals surface area (Å²) in [6, 6.07) is 8.66. The molecule has 1 rings (SSSR count). The van der Waals surface area contributed by atoms with Gasteiger partial charge in [0.15, 0.2) is 0 Å². The summed E-state index contributed by atoms with van der Waals surface area (Å²) in [6.45, 7) is 3.56. The van der Waals surface area contributed by atoms with Crippen LogP contribution in [0.3, 0.4) is 0 Å². The summed E-state index contributed by atoms with van der Waals surface area (Å²) in [5.41, 5.74) is 4.08. The molecule has 1 aromatic carbocycles. The molecule has 1 unspecified atom stereocenters. The Bertz CT molecular complexity index is 290. The van der Waals surface area contributed by atoms with Crippen molar-refractivity contribution in [3.63, 3.8) is 0 Å². The largest absolute Gasteiger partial charge is 0.380 e. The fourth-order valence-electron chi connectivity index (χ4n) is 1.44. The molecule has 0 aliphatic carbocycles. The zero-order valence-corrected chi connectivity index (χ0v) is 11.7. The average Bonchev–Trinajstić information content (AvgIpc) is 2.31. The van der Waals surface area contributed by atoms with Gasteiger partial charge in [-0.25, -0.2) is 0 Å². The van der Waals surface area contributed by atoms with Gasteiger partial charge in [0.2, 0.25) is 0 Å². The topological polar surface area (TPSA) is 47.3 Å². The number of hydrogen-bond acceptors (Lipinski definition) is 3. The number of rotatable bonds is 7. The summed E-state index contributed by atoms with van der Waals surface area (Å²) in [5.74, 6) is 5.50. The molecule has 1 atom stereocenters. The van der Waals surface area contributed by atoms with E-state index in [0.29, 0.717) is 6.61 Å². The fraction of sp³-hybridized carbons (Fsp3) is 0.500. The molecule has 0 heterocycles. The summed E-state index contributed by atoms with van der Waals surface area (Å²) in [6.07, 6.45) is 1.94. The van der Waals surface area contributed by atoms with Crippen molar-refractivity contribution in [3.05, 3.63) is 33.4 Å². The average molecular weight is 334 g/mol. The Balaban J connectivity index is 2.40. The normalized spacial score (nSPS) is 12.7. The van der Waals surface area contributed by atoms with E-state index < -0.39 is 0 Å². The zero-order chi connectivity index (χ0) is 11.8. The Hall–Kier alpha value is -0.170. The lowest BCUT2D eigenvalue weighted by molar-refractivity contribution is 0.112. The Morgan fingerprint density at radius 3 is 2.62 bits per heavy atom. The maximum absolute atomic E-state index is 5.50. The Morgan fingerprint density at radius 1 is 1.38 bits per heavy atom. The SMILES string of the molecule is CCCOCC(Cc1ccc(I)cc1)NN. The van der Waals surface area contributed by atoms with Gasteiger partial charge in [-0.05, 0) is 53.1 Å². The number of ether oxygens (including phenoxy) is 1. The van der Waals surface area contributed by atoms with Gasteiger partial charge >= 0.3 is 0 Å². The third-order valence-electron chi connectivity index (χ3n) is 2.30. The molecule has 16 heavy (non-hydrogen) atoms. The fourth-order valence-corrected chi connectivity index (χ4v) is 1.80. The quantitative estimate of drug-likeness (QED) is 0.347. The first-order valence-electron chi connectivity index (χ1n) is 5.54. The van der Waals surface area contributed by atoms with E-state index in [1.807, 2.05) is 0 Å². The maximum atomic E-state index is 5.50. The second-order valence-electron chi connectivity index (χ2n) is 3.77. The predicted octanol–water partition coefficient (Wildman–Crippen LogP) is 2.09. The molecule has 1 aromatic rings. The van der Waals surface area contributed by atoms with Gasteiger partial charge in [0.05, 0.1) is 6.61 Å². The van der Waals surface area contributed by atoms with E-state index in [-0.39, 0.29) is 6.04 Å². The minimum Gasteiger partial charge on any atom is -0.380 e. The van der Waals surface area contributed by atoms with Crippen LogP contribution in [0.15, 0.2) is 24.3 Å². The lowest BCUT2D eigenvalue weighted by atomic mass is 10.1. The van der Waals surface area contributed by atoms with E-state index in [9.17, 15) is 0 Å². The van der Waals surface area contributed by atoms with Crippen molar-refractivity contribution in [2.24, 2.45) is 5.84 Å². The van der Waals surface area contributed by atoms with Crippen LogP contribution >= 0.6 is 22.6 Å². The molecule has 4 heteroatoms. The van der Waals surface area contributed by atoms with Crippen LogP contribution < -0.4 is 11.3 Å². The number of benzene rings is 1. The Morgan fingerprint density at radius 2 is 2.06 bits per heavy atom. The highest BCUT2D eigenvalue weighted by molar-refractivity contribution is 14.1. The molecule has 0 aliphatic rings. The van der Waals surface area contributed by atoms with Gasteiger partial charge < -0.3 is 4.74 Å². The predicted molar refractivity (Wildman–Crippen MR) is 75.1 cm³/mol. The minimum absolute atomic E-state index is 0.187. The monoisotopic (exact) mass is 334 g/mol. The molecular weight excluding hydrogens is 315 g/mol. The second kappa shape index (κ2) is 8.00. The van der Waals surface area contributed by atoms with Gasteiger partial charge in [0.25, 0.3) is 0 Å². The second-order valence-corrected chi connectivity index (χ2v) is 5.01. The molecule has 3 N–H and O–H groups in total. The minimum atomic E-state index is 0.187. The third-order valence-corrected chi connectivity index (χ3v) is 3.02. The Kier molecular flexibility index (Phi) is 6.95. The van der Waals surface area contributed by atoms with Crippen molar-refractivity contribution in [1.82, 2.24) is 5.43 Å². The van der Waals surface area contributed by atoms with E-state index in [0.717, 1.165) is 19.4 Å². The summed E-state index contributed by atoms with van der Waals surface area (Å²) >= 11 is 2.30. The van der Waals surface area contributed by atoms with Crippen LogP contribution in [-0.4, -0.2) is 19.3 Å². The highest BCUT2D eigenvalue weighted by Crippen LogP contribution is 2.08. The molecule has 3 nitrogen and oxygen atoms in total. The van der Waals surface area contributed by atoms with E-state index >= 15 is 0 Å². The first-order valence-corrected chi connectivity index (χ1v) is 6.62. The third kappa shape index (κ3) is 5.25. The first-order chi connectivity index (χ1) is 7.76. The van der Waals surface area contributed by atoms with Crippen LogP contribution in [0.4, 0.5) is 0 Å². The molecule has 0 aliphatic heterocycles. The van der Waals surface area contributed by atoms with E-state index in [1.165, 1.54) is 9.13 Å². The maximum Gasteiger partial charge on any atom is 0.0636 e. The summed E-state index contributed by atoms with van der Waals surface area (Å²) in [5, 5.41) is 0. The number of nitrogens with one attached hydrogen (secondary N) is 1. The molecule has 0 saturated carbocycles. The highest BCUT2D eigenvalue weighted by Gasteiger charge is 2.07. The van der Waals surface area contributed by atoms with Crippen LogP contribution in [0.25, 0.3) is 0 Å². The molecule has 0 radical (unpaired) electrons. The number of hydrogen-bond donors (Lipinski definition) is 2. The summed E-state index contributed by atoms with van der Waals surface area (Å²) in [7, 11) is 0. The van der Waals surface area contributed by atoms with Crippen LogP contribution in [0.2, 0.25) is 0 Å². The number of halogens is 1. The lowest BCUT2D eigenvalue weighted by Crippen LogP contribution is -2.40. The van der Waals surface area contributed by atoms with Crippen LogP contribution in [0.1, 0.15) is 18.9 Å². The lowest BCUT2D eigenvalue weighted by Gasteiger charge is -2.16. The summed E-state index contributed by atoms with van der Waals surface area (Å²) < 4.78 is 6.74. The Labute approximate surface area is 111 Å². The zero-order valence-electron chi connectivity index (χ0n) is 9.58. The van der Waals surface area contributed by atoms with Crippen molar-refractivity contribution in [1.29, 1.82) is 0 Å². The van der Waals surface area contributed by atoms with Gasteiger partial charge in [-0.2, -0.15) is 0 Å². The van der Waals surface area contributed by atoms with E-state index in [1.54, 1.807) is 0 Å². The van der Waals surface area contributed by atoms with Gasteiger partial charge in [-0.15, -0.1) is 0 Å². The molecule has 0 amide bonds. The van der Waals surface area contributed by atoms with Crippen molar-refractivity contribution < 1.29 is 4.74 Å². The van der Waals surface area contributed by atoms with Gasteiger partial charge in [-0.1, -0.05) is 19.1 Å². The molecule has 0 bridgehead atoms. The number of nitrogens with two attached hydrogens (primary N) is 1. The van der Waals surface area contributed by atoms with Crippen molar-refractivity contribution >= 4 is 22.6 Å². The number of hydrazine groups is 1. The summed E-state index contributed by atoms with van der Waals surface area (Å²) in [4.78, 5) is 0. The standard InChI is InChI=1S/C12H19IN2O/c1-2-7-16-9-12(15-14)8-10-3-5-11(13)6-4-10/h3-6,12,15H,2,7-9,14H2,1H3. The smallest absolute Gasteiger partial charge is 0.0636 e. The molecule has 0 fully saturated rings. The molecule has 0 aromatic heterocycles. The van der Waals surface area contributed by atoms with E-state index in [2.05, 4.69) is 59.2 Å². The van der Waals surface area contributed by atoms with Crippen LogP contribution in [0.5, 0.6) is 0 Å². The highest BCUT2D eigenvalue weighted by atomic mass is 127. The van der Waals surface area contributed by atoms with Gasteiger partial charge in [0, 0.05) is 16.2 Å². The van der Waals surface area contributed by atoms with Crippen molar-refractivity contribution in [2.45, 2.75) is 25.8 Å². The molecule has 0 saturated heterocycles. The molecule has 90 valence electrons.